The van der Waals surface area contributed by atoms with E-state index in [-0.39, 0.29) is 11.9 Å². The number of nitrogens with two attached hydrogens (primary N) is 1. The molecule has 1 aliphatic rings. The molecule has 1 aromatic heterocycles. The van der Waals surface area contributed by atoms with E-state index in [2.05, 4.69) is 4.90 Å². The van der Waals surface area contributed by atoms with Crippen LogP contribution in [0.4, 0.5) is 10.7 Å². The lowest BCUT2D eigenvalue weighted by molar-refractivity contribution is 0.0992. The molecule has 0 bridgehead atoms. The number of nitrogens with zero attached hydrogens (tertiary/aromatic N) is 1. The lowest BCUT2D eigenvalue weighted by Gasteiger charge is -2.30. The fourth-order valence-electron chi connectivity index (χ4n) is 2.26. The van der Waals surface area contributed by atoms with Gasteiger partial charge in [0.15, 0.2) is 5.78 Å². The van der Waals surface area contributed by atoms with Crippen molar-refractivity contribution in [3.63, 3.8) is 0 Å². The Labute approximate surface area is 122 Å². The molecule has 0 spiro atoms. The van der Waals surface area contributed by atoms with Crippen LogP contribution >= 0.6 is 23.1 Å². The summed E-state index contributed by atoms with van der Waals surface area (Å²) >= 11 is 3.09. The van der Waals surface area contributed by atoms with Gasteiger partial charge in [0.1, 0.15) is 5.00 Å². The Morgan fingerprint density at radius 2 is 2.16 bits per heavy atom. The van der Waals surface area contributed by atoms with Crippen molar-refractivity contribution < 1.29 is 9.90 Å². The summed E-state index contributed by atoms with van der Waals surface area (Å²) in [6.07, 6.45) is 3.84. The van der Waals surface area contributed by atoms with Gasteiger partial charge in [-0.3, -0.25) is 4.79 Å². The van der Waals surface area contributed by atoms with Gasteiger partial charge < -0.3 is 15.7 Å². The average molecular weight is 300 g/mol. The molecule has 1 aromatic rings. The number of rotatable bonds is 4. The van der Waals surface area contributed by atoms with Crippen LogP contribution in [0.25, 0.3) is 0 Å². The Kier molecular flexibility index (Phi) is 4.76. The van der Waals surface area contributed by atoms with Crippen molar-refractivity contribution in [1.29, 1.82) is 0 Å². The minimum absolute atomic E-state index is 0.112. The summed E-state index contributed by atoms with van der Waals surface area (Å²) < 4.78 is 0. The van der Waals surface area contributed by atoms with Crippen molar-refractivity contribution in [2.75, 3.05) is 30.0 Å². The molecule has 0 aromatic carbocycles. The molecule has 2 rings (SSSR count). The van der Waals surface area contributed by atoms with E-state index in [4.69, 9.17) is 5.73 Å². The highest BCUT2D eigenvalue weighted by Gasteiger charge is 2.25. The molecular weight excluding hydrogens is 280 g/mol. The molecule has 106 valence electrons. The zero-order valence-corrected chi connectivity index (χ0v) is 12.9. The Morgan fingerprint density at radius 1 is 1.53 bits per heavy atom. The molecule has 6 heteroatoms. The summed E-state index contributed by atoms with van der Waals surface area (Å²) in [4.78, 5) is 15.9. The van der Waals surface area contributed by atoms with Crippen LogP contribution in [0.15, 0.2) is 4.90 Å². The van der Waals surface area contributed by atoms with E-state index in [1.54, 1.807) is 11.8 Å². The van der Waals surface area contributed by atoms with Crippen molar-refractivity contribution in [2.45, 2.75) is 37.2 Å². The van der Waals surface area contributed by atoms with E-state index in [0.29, 0.717) is 17.0 Å². The monoisotopic (exact) mass is 300 g/mol. The molecule has 1 aliphatic heterocycles. The zero-order valence-electron chi connectivity index (χ0n) is 11.3. The molecular formula is C13H20N2O2S2. The predicted molar refractivity (Wildman–Crippen MR) is 82.6 cm³/mol. The van der Waals surface area contributed by atoms with Crippen molar-refractivity contribution in [1.82, 2.24) is 0 Å². The molecule has 1 fully saturated rings. The molecule has 3 N–H and O–H groups in total. The second-order valence-electron chi connectivity index (χ2n) is 4.68. The van der Waals surface area contributed by atoms with Crippen molar-refractivity contribution in [2.24, 2.45) is 0 Å². The average Bonchev–Trinajstić information content (AvgIpc) is 2.75. The lowest BCUT2D eigenvalue weighted by atomic mass is 10.1. The third kappa shape index (κ3) is 2.90. The fraction of sp³-hybridized carbons (Fsp3) is 0.615. The number of thiophene rings is 1. The van der Waals surface area contributed by atoms with Gasteiger partial charge in [-0.05, 0) is 19.1 Å². The lowest BCUT2D eigenvalue weighted by Crippen LogP contribution is -2.35. The zero-order chi connectivity index (χ0) is 14.0. The molecule has 1 saturated heterocycles. The van der Waals surface area contributed by atoms with Crippen LogP contribution < -0.4 is 10.6 Å². The minimum atomic E-state index is -0.192. The maximum atomic E-state index is 11.9. The number of thioether (sulfide) groups is 1. The van der Waals surface area contributed by atoms with Gasteiger partial charge in [-0.25, -0.2) is 0 Å². The summed E-state index contributed by atoms with van der Waals surface area (Å²) in [5.74, 6) is 0.112. The molecule has 0 unspecified atom stereocenters. The van der Waals surface area contributed by atoms with E-state index < -0.39 is 0 Å². The molecule has 4 nitrogen and oxygen atoms in total. The van der Waals surface area contributed by atoms with Gasteiger partial charge in [-0.2, -0.15) is 0 Å². The second-order valence-corrected chi connectivity index (χ2v) is 6.49. The number of piperidine rings is 1. The van der Waals surface area contributed by atoms with E-state index in [1.165, 1.54) is 11.3 Å². The van der Waals surface area contributed by atoms with Crippen LogP contribution in [0.3, 0.4) is 0 Å². The van der Waals surface area contributed by atoms with E-state index in [1.807, 2.05) is 13.2 Å². The molecule has 2 heterocycles. The Bertz CT molecular complexity index is 465. The minimum Gasteiger partial charge on any atom is -0.396 e. The number of carbonyl (C=O) groups is 1. The van der Waals surface area contributed by atoms with E-state index in [9.17, 15) is 9.90 Å². The number of ketones is 1. The topological polar surface area (TPSA) is 66.6 Å². The number of Topliss-reactive ketones (excluding diaryl/α,β-unsaturated/α-hetero) is 1. The Balaban J connectivity index is 2.32. The first-order valence-corrected chi connectivity index (χ1v) is 8.55. The van der Waals surface area contributed by atoms with Crippen molar-refractivity contribution >= 4 is 39.6 Å². The third-order valence-electron chi connectivity index (χ3n) is 3.41. The summed E-state index contributed by atoms with van der Waals surface area (Å²) in [6.45, 7) is 3.51. The number of carbonyl (C=O) groups excluding carboxylic acids is 1. The van der Waals surface area contributed by atoms with Crippen LogP contribution in [-0.2, 0) is 0 Å². The standard InChI is InChI=1S/C13H20N2O2S2/c1-3-9(17)11-10(14)12(18-2)13(19-11)15-6-4-8(16)5-7-15/h8,16H,3-7,14H2,1-2H3. The molecule has 0 aliphatic carbocycles. The van der Waals surface area contributed by atoms with Crippen LogP contribution in [0.2, 0.25) is 0 Å². The number of hydrogen-bond donors (Lipinski definition) is 2. The first-order chi connectivity index (χ1) is 9.08. The smallest absolute Gasteiger partial charge is 0.174 e. The fourth-order valence-corrected chi connectivity index (χ4v) is 4.50. The van der Waals surface area contributed by atoms with E-state index in [0.717, 1.165) is 35.8 Å². The molecule has 0 amide bonds. The molecule has 0 saturated carbocycles. The first-order valence-electron chi connectivity index (χ1n) is 6.50. The summed E-state index contributed by atoms with van der Waals surface area (Å²) in [6, 6.07) is 0. The normalized spacial score (nSPS) is 16.9. The van der Waals surface area contributed by atoms with Gasteiger partial charge in [0, 0.05) is 19.5 Å². The number of anilines is 2. The number of aliphatic hydroxyl groups is 1. The van der Waals surface area contributed by atoms with Gasteiger partial charge in [0.05, 0.1) is 21.6 Å². The molecule has 19 heavy (non-hydrogen) atoms. The van der Waals surface area contributed by atoms with Gasteiger partial charge in [0.25, 0.3) is 0 Å². The number of aliphatic hydroxyl groups excluding tert-OH is 1. The summed E-state index contributed by atoms with van der Waals surface area (Å²) in [5, 5.41) is 10.7. The van der Waals surface area contributed by atoms with Crippen LogP contribution in [0.1, 0.15) is 35.9 Å². The van der Waals surface area contributed by atoms with Crippen molar-refractivity contribution in [3.05, 3.63) is 4.88 Å². The summed E-state index contributed by atoms with van der Waals surface area (Å²) in [5.41, 5.74) is 6.75. The quantitative estimate of drug-likeness (QED) is 0.661. The Morgan fingerprint density at radius 3 is 2.68 bits per heavy atom. The maximum Gasteiger partial charge on any atom is 0.174 e. The van der Waals surface area contributed by atoms with Crippen molar-refractivity contribution in [3.8, 4) is 0 Å². The highest BCUT2D eigenvalue weighted by Crippen LogP contribution is 2.44. The summed E-state index contributed by atoms with van der Waals surface area (Å²) in [7, 11) is 0. The molecule has 0 atom stereocenters. The second kappa shape index (κ2) is 6.15. The van der Waals surface area contributed by atoms with Crippen LogP contribution in [-0.4, -0.2) is 36.3 Å². The largest absolute Gasteiger partial charge is 0.396 e. The maximum absolute atomic E-state index is 11.9. The first kappa shape index (κ1) is 14.7. The van der Waals surface area contributed by atoms with Gasteiger partial charge in [-0.1, -0.05) is 6.92 Å². The van der Waals surface area contributed by atoms with Gasteiger partial charge in [0.2, 0.25) is 0 Å². The highest BCUT2D eigenvalue weighted by molar-refractivity contribution is 7.99. The number of hydrogen-bond acceptors (Lipinski definition) is 6. The Hall–Kier alpha value is -0.720. The highest BCUT2D eigenvalue weighted by atomic mass is 32.2. The SMILES string of the molecule is CCC(=O)c1sc(N2CCC(O)CC2)c(SC)c1N. The van der Waals surface area contributed by atoms with Crippen LogP contribution in [0, 0.1) is 0 Å². The number of nitrogen functional groups attached to an aromatic ring is 1. The predicted octanol–water partition coefficient (Wildman–Crippen LogP) is 2.61. The van der Waals surface area contributed by atoms with Gasteiger partial charge >= 0.3 is 0 Å². The molecule has 0 radical (unpaired) electrons. The van der Waals surface area contributed by atoms with E-state index >= 15 is 0 Å². The van der Waals surface area contributed by atoms with Crippen LogP contribution in [0.5, 0.6) is 0 Å². The van der Waals surface area contributed by atoms with Gasteiger partial charge in [-0.15, -0.1) is 23.1 Å². The third-order valence-corrected chi connectivity index (χ3v) is 5.67.